The molecule has 0 aliphatic heterocycles. The maximum absolute atomic E-state index is 13.5. The fourth-order valence-corrected chi connectivity index (χ4v) is 3.54. The molecule has 0 aromatic carbocycles. The molecular formula is C22H22N6O3. The predicted octanol–water partition coefficient (Wildman–Crippen LogP) is 1.80. The summed E-state index contributed by atoms with van der Waals surface area (Å²) in [4.78, 5) is 49.4. The van der Waals surface area contributed by atoms with Gasteiger partial charge in [-0.1, -0.05) is 13.8 Å². The number of nitrogens with two attached hydrogens (primary N) is 1. The summed E-state index contributed by atoms with van der Waals surface area (Å²) in [6.45, 7) is 7.05. The number of nitrogen functional groups attached to an aromatic ring is 1. The van der Waals surface area contributed by atoms with Crippen LogP contribution >= 0.6 is 0 Å². The zero-order valence-electron chi connectivity index (χ0n) is 17.7. The molecule has 0 saturated carbocycles. The topological polar surface area (TPSA) is 148 Å². The van der Waals surface area contributed by atoms with E-state index in [0.717, 1.165) is 5.56 Å². The summed E-state index contributed by atoms with van der Waals surface area (Å²) in [6, 6.07) is 8.35. The lowest BCUT2D eigenvalue weighted by Crippen LogP contribution is -2.38. The number of nitriles is 1. The molecule has 0 fully saturated rings. The number of rotatable bonds is 5. The second kappa shape index (κ2) is 8.36. The first-order valence-corrected chi connectivity index (χ1v) is 9.64. The van der Waals surface area contributed by atoms with Gasteiger partial charge in [-0.15, -0.1) is 0 Å². The molecule has 158 valence electrons. The number of ketones is 1. The van der Waals surface area contributed by atoms with Gasteiger partial charge < -0.3 is 5.73 Å². The standard InChI is InChI=1S/C22H22N6O3/c1-11(2)18-19(20(29)16-6-12(3)5-13(4)25-16)28(22(31)27-21(18)30)10-14-7-15(9-23)26-17(24)8-14/h5-8,11H,10H2,1-4H3,(H2,24,26)(H,27,30,31). The molecule has 0 saturated heterocycles. The molecule has 9 nitrogen and oxygen atoms in total. The van der Waals surface area contributed by atoms with Crippen molar-refractivity contribution >= 4 is 11.6 Å². The fraction of sp³-hybridized carbons (Fsp3) is 0.273. The summed E-state index contributed by atoms with van der Waals surface area (Å²) in [6.07, 6.45) is 0. The zero-order valence-corrected chi connectivity index (χ0v) is 17.7. The minimum atomic E-state index is -0.740. The first-order valence-electron chi connectivity index (χ1n) is 9.64. The van der Waals surface area contributed by atoms with E-state index in [4.69, 9.17) is 11.0 Å². The Morgan fingerprint density at radius 1 is 1.19 bits per heavy atom. The van der Waals surface area contributed by atoms with Crippen molar-refractivity contribution in [3.8, 4) is 6.07 Å². The van der Waals surface area contributed by atoms with E-state index in [1.807, 2.05) is 19.1 Å². The first-order chi connectivity index (χ1) is 14.6. The minimum absolute atomic E-state index is 0.0323. The summed E-state index contributed by atoms with van der Waals surface area (Å²) in [7, 11) is 0. The Morgan fingerprint density at radius 2 is 1.90 bits per heavy atom. The van der Waals surface area contributed by atoms with Gasteiger partial charge in [0.25, 0.3) is 5.56 Å². The van der Waals surface area contributed by atoms with E-state index in [9.17, 15) is 14.4 Å². The van der Waals surface area contributed by atoms with E-state index in [0.29, 0.717) is 11.3 Å². The molecular weight excluding hydrogens is 396 g/mol. The van der Waals surface area contributed by atoms with Gasteiger partial charge in [-0.05, 0) is 55.2 Å². The van der Waals surface area contributed by atoms with Crippen molar-refractivity contribution in [2.45, 2.75) is 40.2 Å². The first kappa shape index (κ1) is 21.6. The van der Waals surface area contributed by atoms with Gasteiger partial charge in [0.1, 0.15) is 29.0 Å². The molecule has 3 rings (SSSR count). The van der Waals surface area contributed by atoms with Crippen LogP contribution in [-0.4, -0.2) is 25.3 Å². The van der Waals surface area contributed by atoms with Crippen LogP contribution in [0.25, 0.3) is 0 Å². The molecule has 31 heavy (non-hydrogen) atoms. The number of carbonyl (C=O) groups is 1. The number of anilines is 1. The molecule has 0 aliphatic carbocycles. The molecule has 0 radical (unpaired) electrons. The monoisotopic (exact) mass is 418 g/mol. The molecule has 3 heterocycles. The Labute approximate surface area is 178 Å². The number of hydrogen-bond donors (Lipinski definition) is 2. The van der Waals surface area contributed by atoms with Crippen molar-refractivity contribution in [1.82, 2.24) is 19.5 Å². The van der Waals surface area contributed by atoms with Crippen molar-refractivity contribution in [1.29, 1.82) is 5.26 Å². The highest BCUT2D eigenvalue weighted by molar-refractivity contribution is 6.07. The number of nitrogens with one attached hydrogen (secondary N) is 1. The van der Waals surface area contributed by atoms with E-state index < -0.39 is 17.0 Å². The van der Waals surface area contributed by atoms with Gasteiger partial charge in [0.2, 0.25) is 5.78 Å². The SMILES string of the molecule is Cc1cc(C)nc(C(=O)c2c(C(C)C)c(=O)[nH]c(=O)n2Cc2cc(N)nc(C#N)c2)c1. The third-order valence-electron chi connectivity index (χ3n) is 4.72. The van der Waals surface area contributed by atoms with Crippen LogP contribution in [0.1, 0.15) is 64.0 Å². The number of aryl methyl sites for hydroxylation is 2. The van der Waals surface area contributed by atoms with Gasteiger partial charge in [-0.3, -0.25) is 19.1 Å². The third kappa shape index (κ3) is 4.43. The minimum Gasteiger partial charge on any atom is -0.384 e. The Hall–Kier alpha value is -4.06. The van der Waals surface area contributed by atoms with Crippen molar-refractivity contribution in [3.05, 3.63) is 84.6 Å². The van der Waals surface area contributed by atoms with Crippen LogP contribution in [0.3, 0.4) is 0 Å². The molecule has 0 unspecified atom stereocenters. The maximum Gasteiger partial charge on any atom is 0.329 e. The second-order valence-corrected chi connectivity index (χ2v) is 7.66. The molecule has 3 aromatic rings. The quantitative estimate of drug-likeness (QED) is 0.600. The lowest BCUT2D eigenvalue weighted by Gasteiger charge is -2.17. The molecule has 3 aromatic heterocycles. The lowest BCUT2D eigenvalue weighted by molar-refractivity contribution is 0.102. The molecule has 9 heteroatoms. The molecule has 0 aliphatic rings. The predicted molar refractivity (Wildman–Crippen MR) is 115 cm³/mol. The summed E-state index contributed by atoms with van der Waals surface area (Å²) >= 11 is 0. The summed E-state index contributed by atoms with van der Waals surface area (Å²) < 4.78 is 1.19. The van der Waals surface area contributed by atoms with Gasteiger partial charge in [-0.2, -0.15) is 5.26 Å². The summed E-state index contributed by atoms with van der Waals surface area (Å²) in [5.74, 6) is -0.752. The molecule has 3 N–H and O–H groups in total. The van der Waals surface area contributed by atoms with Crippen molar-refractivity contribution in [3.63, 3.8) is 0 Å². The third-order valence-corrected chi connectivity index (χ3v) is 4.72. The maximum atomic E-state index is 13.5. The van der Waals surface area contributed by atoms with E-state index in [-0.39, 0.29) is 40.9 Å². The van der Waals surface area contributed by atoms with Gasteiger partial charge in [-0.25, -0.2) is 14.8 Å². The highest BCUT2D eigenvalue weighted by atomic mass is 16.2. The molecule has 0 bridgehead atoms. The van der Waals surface area contributed by atoms with E-state index in [1.54, 1.807) is 26.8 Å². The molecule has 0 spiro atoms. The summed E-state index contributed by atoms with van der Waals surface area (Å²) in [5, 5.41) is 9.16. The summed E-state index contributed by atoms with van der Waals surface area (Å²) in [5.41, 5.74) is 6.77. The Morgan fingerprint density at radius 3 is 2.52 bits per heavy atom. The average molecular weight is 418 g/mol. The molecule has 0 amide bonds. The van der Waals surface area contributed by atoms with Gasteiger partial charge in [0.15, 0.2) is 0 Å². The fourth-order valence-electron chi connectivity index (χ4n) is 3.54. The van der Waals surface area contributed by atoms with Crippen molar-refractivity contribution < 1.29 is 4.79 Å². The van der Waals surface area contributed by atoms with E-state index in [2.05, 4.69) is 15.0 Å². The second-order valence-electron chi connectivity index (χ2n) is 7.66. The highest BCUT2D eigenvalue weighted by Gasteiger charge is 2.25. The van der Waals surface area contributed by atoms with E-state index in [1.165, 1.54) is 16.7 Å². The zero-order chi connectivity index (χ0) is 22.9. The van der Waals surface area contributed by atoms with Crippen LogP contribution < -0.4 is 17.0 Å². The Kier molecular flexibility index (Phi) is 5.83. The number of aromatic amines is 1. The molecule has 0 atom stereocenters. The van der Waals surface area contributed by atoms with Crippen LogP contribution in [0.15, 0.2) is 33.9 Å². The number of aromatic nitrogens is 4. The largest absolute Gasteiger partial charge is 0.384 e. The number of nitrogens with zero attached hydrogens (tertiary/aromatic N) is 4. The lowest BCUT2D eigenvalue weighted by atomic mass is 9.98. The Bertz CT molecular complexity index is 1320. The van der Waals surface area contributed by atoms with Gasteiger partial charge in [0, 0.05) is 11.3 Å². The number of carbonyl (C=O) groups excluding carboxylic acids is 1. The van der Waals surface area contributed by atoms with Crippen LogP contribution in [-0.2, 0) is 6.54 Å². The highest BCUT2D eigenvalue weighted by Crippen LogP contribution is 2.20. The van der Waals surface area contributed by atoms with Crippen LogP contribution in [0, 0.1) is 25.2 Å². The number of pyridine rings is 2. The normalized spacial score (nSPS) is 10.8. The Balaban J connectivity index is 2.29. The van der Waals surface area contributed by atoms with Crippen molar-refractivity contribution in [2.75, 3.05) is 5.73 Å². The van der Waals surface area contributed by atoms with Gasteiger partial charge >= 0.3 is 5.69 Å². The average Bonchev–Trinajstić information content (AvgIpc) is 2.67. The smallest absolute Gasteiger partial charge is 0.329 e. The van der Waals surface area contributed by atoms with Crippen LogP contribution in [0.5, 0.6) is 0 Å². The van der Waals surface area contributed by atoms with E-state index >= 15 is 0 Å². The van der Waals surface area contributed by atoms with Crippen molar-refractivity contribution in [2.24, 2.45) is 0 Å². The van der Waals surface area contributed by atoms with Crippen LogP contribution in [0.2, 0.25) is 0 Å². The number of hydrogen-bond acceptors (Lipinski definition) is 7. The van der Waals surface area contributed by atoms with Crippen LogP contribution in [0.4, 0.5) is 5.82 Å². The number of H-pyrrole nitrogens is 1. The van der Waals surface area contributed by atoms with Gasteiger partial charge in [0.05, 0.1) is 6.54 Å².